The third-order valence-corrected chi connectivity index (χ3v) is 4.82. The molecule has 5 heteroatoms. The van der Waals surface area contributed by atoms with Crippen LogP contribution in [0.2, 0.25) is 0 Å². The van der Waals surface area contributed by atoms with Crippen molar-refractivity contribution in [1.82, 2.24) is 5.32 Å². The van der Waals surface area contributed by atoms with Crippen molar-refractivity contribution in [2.45, 2.75) is 37.7 Å². The number of aliphatic hydroxyl groups is 1. The highest BCUT2D eigenvalue weighted by Gasteiger charge is 2.38. The molecule has 0 bridgehead atoms. The van der Waals surface area contributed by atoms with E-state index in [1.165, 1.54) is 4.88 Å². The molecule has 17 heavy (non-hydrogen) atoms. The second-order valence-electron chi connectivity index (χ2n) is 4.45. The van der Waals surface area contributed by atoms with Crippen LogP contribution in [-0.4, -0.2) is 23.2 Å². The summed E-state index contributed by atoms with van der Waals surface area (Å²) in [7, 11) is 0. The molecule has 2 rings (SSSR count). The van der Waals surface area contributed by atoms with Crippen molar-refractivity contribution in [2.24, 2.45) is 0 Å². The molecule has 2 N–H and O–H groups in total. The highest BCUT2D eigenvalue weighted by molar-refractivity contribution is 9.11. The van der Waals surface area contributed by atoms with Crippen molar-refractivity contribution in [1.29, 1.82) is 0 Å². The molecule has 1 amide bonds. The molecule has 0 aliphatic heterocycles. The van der Waals surface area contributed by atoms with Gasteiger partial charge in [-0.2, -0.15) is 0 Å². The van der Waals surface area contributed by atoms with Gasteiger partial charge in [-0.15, -0.1) is 11.3 Å². The zero-order chi connectivity index (χ0) is 12.3. The van der Waals surface area contributed by atoms with Crippen molar-refractivity contribution in [3.8, 4) is 0 Å². The lowest BCUT2D eigenvalue weighted by Crippen LogP contribution is -2.45. The zero-order valence-corrected chi connectivity index (χ0v) is 11.9. The van der Waals surface area contributed by atoms with Gasteiger partial charge in [-0.1, -0.05) is 0 Å². The van der Waals surface area contributed by atoms with Gasteiger partial charge in [-0.3, -0.25) is 4.79 Å². The Morgan fingerprint density at radius 3 is 2.76 bits per heavy atom. The minimum atomic E-state index is -1.10. The fourth-order valence-corrected chi connectivity index (χ4v) is 3.62. The maximum Gasteiger partial charge on any atom is 0.251 e. The molecule has 0 atom stereocenters. The normalized spacial score (nSPS) is 18.2. The Morgan fingerprint density at radius 1 is 1.47 bits per heavy atom. The van der Waals surface area contributed by atoms with E-state index in [0.717, 1.165) is 23.0 Å². The van der Waals surface area contributed by atoms with Crippen molar-refractivity contribution < 1.29 is 9.90 Å². The molecule has 94 valence electrons. The number of carbonyl (C=O) groups excluding carboxylic acids is 1. The van der Waals surface area contributed by atoms with Crippen molar-refractivity contribution in [3.63, 3.8) is 0 Å². The van der Waals surface area contributed by atoms with Crippen LogP contribution < -0.4 is 5.32 Å². The largest absolute Gasteiger partial charge is 0.380 e. The van der Waals surface area contributed by atoms with Crippen LogP contribution in [0.5, 0.6) is 0 Å². The fourth-order valence-electron chi connectivity index (χ4n) is 2.14. The van der Waals surface area contributed by atoms with Crippen molar-refractivity contribution >= 4 is 33.2 Å². The summed E-state index contributed by atoms with van der Waals surface area (Å²) in [5.41, 5.74) is -1.10. The Hall–Kier alpha value is -0.390. The summed E-state index contributed by atoms with van der Waals surface area (Å²) in [6.45, 7) is 0.591. The quantitative estimate of drug-likeness (QED) is 0.896. The Bertz CT molecular complexity index is 399. The molecule has 0 saturated heterocycles. The fraction of sp³-hybridized carbons (Fsp3) is 0.583. The van der Waals surface area contributed by atoms with E-state index in [-0.39, 0.29) is 5.91 Å². The highest BCUT2D eigenvalue weighted by atomic mass is 79.9. The number of amides is 1. The molecule has 1 fully saturated rings. The van der Waals surface area contributed by atoms with Crippen molar-refractivity contribution in [3.05, 3.63) is 20.8 Å². The number of nitrogens with one attached hydrogen (secondary N) is 1. The summed E-state index contributed by atoms with van der Waals surface area (Å²) in [5.74, 6) is -0.203. The molecular formula is C12H16BrNO2S. The predicted octanol–water partition coefficient (Wildman–Crippen LogP) is 2.47. The maximum absolute atomic E-state index is 11.8. The van der Waals surface area contributed by atoms with Gasteiger partial charge >= 0.3 is 0 Å². The molecule has 0 unspecified atom stereocenters. The lowest BCUT2D eigenvalue weighted by atomic mass is 10.0. The van der Waals surface area contributed by atoms with Gasteiger partial charge in [0, 0.05) is 11.4 Å². The number of carbonyl (C=O) groups is 1. The van der Waals surface area contributed by atoms with Crippen LogP contribution in [0.4, 0.5) is 0 Å². The van der Waals surface area contributed by atoms with Crippen LogP contribution in [0.3, 0.4) is 0 Å². The summed E-state index contributed by atoms with van der Waals surface area (Å²) >= 11 is 5.08. The molecule has 1 aliphatic carbocycles. The minimum Gasteiger partial charge on any atom is -0.380 e. The van der Waals surface area contributed by atoms with Gasteiger partial charge in [0.05, 0.1) is 3.79 Å². The van der Waals surface area contributed by atoms with E-state index in [1.807, 2.05) is 12.1 Å². The standard InChI is InChI=1S/C12H16BrNO2S/c13-10-4-3-9(17-10)5-8-14-11(15)12(16)6-1-2-7-12/h3-4,16H,1-2,5-8H2,(H,14,15). The van der Waals surface area contributed by atoms with E-state index in [0.29, 0.717) is 19.4 Å². The molecule has 1 aromatic rings. The molecule has 1 heterocycles. The second-order valence-corrected chi connectivity index (χ2v) is 7.00. The topological polar surface area (TPSA) is 49.3 Å². The lowest BCUT2D eigenvalue weighted by molar-refractivity contribution is -0.139. The molecule has 0 spiro atoms. The van der Waals surface area contributed by atoms with Crippen LogP contribution in [0.25, 0.3) is 0 Å². The van der Waals surface area contributed by atoms with E-state index < -0.39 is 5.60 Å². The van der Waals surface area contributed by atoms with Gasteiger partial charge < -0.3 is 10.4 Å². The van der Waals surface area contributed by atoms with Crippen molar-refractivity contribution in [2.75, 3.05) is 6.54 Å². The zero-order valence-electron chi connectivity index (χ0n) is 9.54. The predicted molar refractivity (Wildman–Crippen MR) is 72.2 cm³/mol. The molecule has 1 aliphatic rings. The Balaban J connectivity index is 1.77. The second kappa shape index (κ2) is 5.50. The van der Waals surface area contributed by atoms with E-state index in [1.54, 1.807) is 11.3 Å². The summed E-state index contributed by atoms with van der Waals surface area (Å²) in [5, 5.41) is 12.9. The minimum absolute atomic E-state index is 0.203. The Labute approximate surface area is 113 Å². The molecule has 1 aromatic heterocycles. The van der Waals surface area contributed by atoms with E-state index in [4.69, 9.17) is 0 Å². The van der Waals surface area contributed by atoms with Gasteiger partial charge in [0.15, 0.2) is 0 Å². The molecular weight excluding hydrogens is 302 g/mol. The Morgan fingerprint density at radius 2 is 2.18 bits per heavy atom. The average molecular weight is 318 g/mol. The van der Waals surface area contributed by atoms with Gasteiger partial charge in [-0.05, 0) is 60.2 Å². The first-order chi connectivity index (χ1) is 8.10. The first-order valence-electron chi connectivity index (χ1n) is 5.85. The van der Waals surface area contributed by atoms with Crippen LogP contribution in [-0.2, 0) is 11.2 Å². The molecule has 1 saturated carbocycles. The van der Waals surface area contributed by atoms with Crippen LogP contribution in [0.1, 0.15) is 30.6 Å². The lowest BCUT2D eigenvalue weighted by Gasteiger charge is -2.20. The number of rotatable bonds is 4. The van der Waals surface area contributed by atoms with Crippen LogP contribution in [0, 0.1) is 0 Å². The first kappa shape index (κ1) is 13.1. The number of hydrogen-bond donors (Lipinski definition) is 2. The SMILES string of the molecule is O=C(NCCc1ccc(Br)s1)C1(O)CCCC1. The van der Waals surface area contributed by atoms with Gasteiger partial charge in [-0.25, -0.2) is 0 Å². The van der Waals surface area contributed by atoms with Crippen LogP contribution in [0.15, 0.2) is 15.9 Å². The monoisotopic (exact) mass is 317 g/mol. The summed E-state index contributed by atoms with van der Waals surface area (Å²) < 4.78 is 1.10. The molecule has 3 nitrogen and oxygen atoms in total. The summed E-state index contributed by atoms with van der Waals surface area (Å²) in [6, 6.07) is 4.05. The molecule has 0 aromatic carbocycles. The third-order valence-electron chi connectivity index (χ3n) is 3.14. The summed E-state index contributed by atoms with van der Waals surface area (Å²) in [4.78, 5) is 13.0. The van der Waals surface area contributed by atoms with E-state index >= 15 is 0 Å². The number of thiophene rings is 1. The third kappa shape index (κ3) is 3.30. The summed E-state index contributed by atoms with van der Waals surface area (Å²) in [6.07, 6.45) is 3.91. The van der Waals surface area contributed by atoms with Gasteiger partial charge in [0.25, 0.3) is 5.91 Å². The van der Waals surface area contributed by atoms with E-state index in [2.05, 4.69) is 21.2 Å². The number of hydrogen-bond acceptors (Lipinski definition) is 3. The van der Waals surface area contributed by atoms with Gasteiger partial charge in [0.1, 0.15) is 5.60 Å². The smallest absolute Gasteiger partial charge is 0.251 e. The first-order valence-corrected chi connectivity index (χ1v) is 7.46. The average Bonchev–Trinajstić information content (AvgIpc) is 2.89. The maximum atomic E-state index is 11.8. The van der Waals surface area contributed by atoms with Gasteiger partial charge in [0.2, 0.25) is 0 Å². The number of halogens is 1. The Kier molecular flexibility index (Phi) is 4.22. The highest BCUT2D eigenvalue weighted by Crippen LogP contribution is 2.29. The van der Waals surface area contributed by atoms with E-state index in [9.17, 15) is 9.90 Å². The molecule has 0 radical (unpaired) electrons. The van der Waals surface area contributed by atoms with Crippen LogP contribution >= 0.6 is 27.3 Å².